The molecule has 1 aliphatic heterocycles. The Hall–Kier alpha value is -3.91. The molecule has 1 fully saturated rings. The molecule has 1 saturated heterocycles. The fourth-order valence-corrected chi connectivity index (χ4v) is 4.58. The number of cyclic esters (lactones) is 1. The van der Waals surface area contributed by atoms with Crippen LogP contribution in [0.15, 0.2) is 60.7 Å². The number of benzene rings is 3. The van der Waals surface area contributed by atoms with Crippen LogP contribution in [-0.4, -0.2) is 40.0 Å². The fraction of sp³-hybridized carbons (Fsp3) is 0.310. The molecule has 0 saturated carbocycles. The van der Waals surface area contributed by atoms with Crippen molar-refractivity contribution < 1.29 is 33.3 Å². The van der Waals surface area contributed by atoms with E-state index >= 15 is 0 Å². The van der Waals surface area contributed by atoms with Gasteiger partial charge in [0.1, 0.15) is 0 Å². The first-order valence-electron chi connectivity index (χ1n) is 12.1. The van der Waals surface area contributed by atoms with Crippen LogP contribution >= 0.6 is 11.6 Å². The standard InChI is InChI=1S/C29H30ClNO7/c1-34-24-10-6-19(14-26(24)35-2)12-21-17-37-28(32)23(21)13-20-7-11-25(27(15-20)36-3)38-29(33)31-16-18-4-8-22(30)9-5-18/h4-11,14-15,21,23H,12-13,16-17H2,1-3H3,(H,31,33)/t21-,23+/m0/s1. The van der Waals surface area contributed by atoms with E-state index in [0.717, 1.165) is 16.7 Å². The van der Waals surface area contributed by atoms with E-state index in [1.165, 1.54) is 7.11 Å². The first kappa shape index (κ1) is 27.1. The fourth-order valence-electron chi connectivity index (χ4n) is 4.46. The van der Waals surface area contributed by atoms with Gasteiger partial charge in [-0.25, -0.2) is 4.79 Å². The molecule has 0 aliphatic carbocycles. The van der Waals surface area contributed by atoms with Gasteiger partial charge >= 0.3 is 12.1 Å². The Morgan fingerprint density at radius 1 is 0.842 bits per heavy atom. The maximum absolute atomic E-state index is 12.6. The zero-order valence-electron chi connectivity index (χ0n) is 21.5. The summed E-state index contributed by atoms with van der Waals surface area (Å²) in [6, 6.07) is 18.2. The third-order valence-corrected chi connectivity index (χ3v) is 6.75. The molecule has 9 heteroatoms. The smallest absolute Gasteiger partial charge is 0.413 e. The number of methoxy groups -OCH3 is 3. The quantitative estimate of drug-likeness (QED) is 0.353. The van der Waals surface area contributed by atoms with Gasteiger partial charge in [0, 0.05) is 17.5 Å². The molecule has 0 spiro atoms. The van der Waals surface area contributed by atoms with Crippen molar-refractivity contribution in [1.29, 1.82) is 0 Å². The lowest BCUT2D eigenvalue weighted by atomic mass is 9.85. The normalized spacial score (nSPS) is 16.5. The Morgan fingerprint density at radius 3 is 2.08 bits per heavy atom. The lowest BCUT2D eigenvalue weighted by Crippen LogP contribution is -2.26. The third-order valence-electron chi connectivity index (χ3n) is 6.49. The predicted octanol–water partition coefficient (Wildman–Crippen LogP) is 5.23. The van der Waals surface area contributed by atoms with E-state index in [-0.39, 0.29) is 23.6 Å². The van der Waals surface area contributed by atoms with Gasteiger partial charge in [-0.3, -0.25) is 4.79 Å². The van der Waals surface area contributed by atoms with E-state index in [9.17, 15) is 9.59 Å². The zero-order valence-corrected chi connectivity index (χ0v) is 22.2. The molecule has 2 atom stereocenters. The Kier molecular flexibility index (Phi) is 8.97. The predicted molar refractivity (Wildman–Crippen MR) is 142 cm³/mol. The van der Waals surface area contributed by atoms with Crippen molar-refractivity contribution in [3.8, 4) is 23.0 Å². The lowest BCUT2D eigenvalue weighted by molar-refractivity contribution is -0.141. The van der Waals surface area contributed by atoms with Crippen molar-refractivity contribution in [2.45, 2.75) is 19.4 Å². The second-order valence-corrected chi connectivity index (χ2v) is 9.39. The van der Waals surface area contributed by atoms with Crippen molar-refractivity contribution in [1.82, 2.24) is 5.32 Å². The van der Waals surface area contributed by atoms with Gasteiger partial charge in [0.25, 0.3) is 0 Å². The summed E-state index contributed by atoms with van der Waals surface area (Å²) in [7, 11) is 4.69. The van der Waals surface area contributed by atoms with E-state index in [0.29, 0.717) is 48.3 Å². The van der Waals surface area contributed by atoms with Crippen molar-refractivity contribution in [2.75, 3.05) is 27.9 Å². The maximum atomic E-state index is 12.6. The number of carbonyl (C=O) groups excluding carboxylic acids is 2. The third kappa shape index (κ3) is 6.69. The van der Waals surface area contributed by atoms with Gasteiger partial charge in [-0.05, 0) is 65.9 Å². The van der Waals surface area contributed by atoms with Crippen molar-refractivity contribution in [3.05, 3.63) is 82.4 Å². The lowest BCUT2D eigenvalue weighted by Gasteiger charge is -2.17. The van der Waals surface area contributed by atoms with Crippen LogP contribution in [0.25, 0.3) is 0 Å². The molecule has 8 nitrogen and oxygen atoms in total. The van der Waals surface area contributed by atoms with Crippen molar-refractivity contribution >= 4 is 23.7 Å². The molecule has 0 unspecified atom stereocenters. The van der Waals surface area contributed by atoms with Crippen LogP contribution in [0.3, 0.4) is 0 Å². The number of halogens is 1. The van der Waals surface area contributed by atoms with Crippen LogP contribution in [0.2, 0.25) is 5.02 Å². The van der Waals surface area contributed by atoms with Gasteiger partial charge < -0.3 is 29.0 Å². The molecule has 1 N–H and O–H groups in total. The molecular formula is C29H30ClNO7. The molecule has 38 heavy (non-hydrogen) atoms. The van der Waals surface area contributed by atoms with Crippen molar-refractivity contribution in [2.24, 2.45) is 11.8 Å². The summed E-state index contributed by atoms with van der Waals surface area (Å²) in [5, 5.41) is 3.33. The highest BCUT2D eigenvalue weighted by atomic mass is 35.5. The number of carbonyl (C=O) groups is 2. The van der Waals surface area contributed by atoms with E-state index in [2.05, 4.69) is 5.32 Å². The number of nitrogens with one attached hydrogen (secondary N) is 1. The van der Waals surface area contributed by atoms with Gasteiger partial charge in [0.05, 0.1) is 33.9 Å². The summed E-state index contributed by atoms with van der Waals surface area (Å²) in [6.07, 6.45) is 0.513. The number of hydrogen-bond acceptors (Lipinski definition) is 7. The number of amides is 1. The molecule has 1 amide bonds. The van der Waals surface area contributed by atoms with Gasteiger partial charge in [0.2, 0.25) is 0 Å². The Bertz CT molecular complexity index is 1280. The average molecular weight is 540 g/mol. The minimum atomic E-state index is -0.611. The molecule has 0 bridgehead atoms. The zero-order chi connectivity index (χ0) is 27.1. The molecule has 0 aromatic heterocycles. The Morgan fingerprint density at radius 2 is 1.42 bits per heavy atom. The van der Waals surface area contributed by atoms with Gasteiger partial charge in [-0.2, -0.15) is 0 Å². The summed E-state index contributed by atoms with van der Waals surface area (Å²) in [4.78, 5) is 24.9. The highest BCUT2D eigenvalue weighted by molar-refractivity contribution is 6.30. The summed E-state index contributed by atoms with van der Waals surface area (Å²) in [5.74, 6) is 1.43. The van der Waals surface area contributed by atoms with Gasteiger partial charge in [0.15, 0.2) is 23.0 Å². The van der Waals surface area contributed by atoms with E-state index < -0.39 is 6.09 Å². The summed E-state index contributed by atoms with van der Waals surface area (Å²) >= 11 is 5.89. The molecule has 3 aromatic rings. The van der Waals surface area contributed by atoms with Crippen LogP contribution in [0.5, 0.6) is 23.0 Å². The van der Waals surface area contributed by atoms with Crippen LogP contribution in [0, 0.1) is 11.8 Å². The van der Waals surface area contributed by atoms with E-state index in [1.54, 1.807) is 38.5 Å². The van der Waals surface area contributed by atoms with Gasteiger partial charge in [-0.15, -0.1) is 0 Å². The Balaban J connectivity index is 1.40. The Labute approximate surface area is 226 Å². The molecular weight excluding hydrogens is 510 g/mol. The highest BCUT2D eigenvalue weighted by Gasteiger charge is 2.37. The van der Waals surface area contributed by atoms with E-state index in [1.807, 2.05) is 36.4 Å². The molecule has 3 aromatic carbocycles. The molecule has 1 heterocycles. The summed E-state index contributed by atoms with van der Waals surface area (Å²) < 4.78 is 27.1. The van der Waals surface area contributed by atoms with Crippen LogP contribution in [0.4, 0.5) is 4.79 Å². The second kappa shape index (κ2) is 12.6. The molecule has 0 radical (unpaired) electrons. The first-order chi connectivity index (χ1) is 18.4. The minimum Gasteiger partial charge on any atom is -0.493 e. The number of rotatable bonds is 10. The number of hydrogen-bond donors (Lipinski definition) is 1. The van der Waals surface area contributed by atoms with Crippen LogP contribution in [0.1, 0.15) is 16.7 Å². The second-order valence-electron chi connectivity index (χ2n) is 8.95. The molecule has 1 aliphatic rings. The topological polar surface area (TPSA) is 92.3 Å². The summed E-state index contributed by atoms with van der Waals surface area (Å²) in [6.45, 7) is 0.644. The average Bonchev–Trinajstić information content (AvgIpc) is 3.27. The largest absolute Gasteiger partial charge is 0.493 e. The minimum absolute atomic E-state index is 0.00108. The van der Waals surface area contributed by atoms with Crippen LogP contribution < -0.4 is 24.3 Å². The number of ether oxygens (including phenoxy) is 5. The first-order valence-corrected chi connectivity index (χ1v) is 12.5. The van der Waals surface area contributed by atoms with Gasteiger partial charge in [-0.1, -0.05) is 35.9 Å². The van der Waals surface area contributed by atoms with E-state index in [4.69, 9.17) is 35.3 Å². The van der Waals surface area contributed by atoms with Crippen LogP contribution in [-0.2, 0) is 28.9 Å². The SMILES string of the molecule is COc1ccc(C[C@H]2COC(=O)[C@@H]2Cc2ccc(OC(=O)NCc3ccc(Cl)cc3)c(OC)c2)cc1OC. The highest BCUT2D eigenvalue weighted by Crippen LogP contribution is 2.35. The van der Waals surface area contributed by atoms with Crippen molar-refractivity contribution in [3.63, 3.8) is 0 Å². The molecule has 200 valence electrons. The maximum Gasteiger partial charge on any atom is 0.413 e. The monoisotopic (exact) mass is 539 g/mol. The number of esters is 1. The summed E-state index contributed by atoms with van der Waals surface area (Å²) in [5.41, 5.74) is 2.79. The molecule has 4 rings (SSSR count).